The van der Waals surface area contributed by atoms with E-state index in [0.717, 1.165) is 36.3 Å². The van der Waals surface area contributed by atoms with E-state index < -0.39 is 17.8 Å². The number of alkyl halides is 3. The molecule has 2 aliphatic heterocycles. The Labute approximate surface area is 290 Å². The van der Waals surface area contributed by atoms with Crippen molar-refractivity contribution in [3.63, 3.8) is 0 Å². The Balaban J connectivity index is 1.07. The predicted molar refractivity (Wildman–Crippen MR) is 179 cm³/mol. The molecular weight excluding hydrogens is 677 g/mol. The maximum Gasteiger partial charge on any atom is 0.435 e. The highest BCUT2D eigenvalue weighted by atomic mass is 35.5. The van der Waals surface area contributed by atoms with Crippen molar-refractivity contribution in [3.05, 3.63) is 82.3 Å². The van der Waals surface area contributed by atoms with E-state index in [-0.39, 0.29) is 57.6 Å². The standard InChI is InChI=1S/C33H36ClF3N10O3/c1-2-39-23-4-6-27(40-17-23)47-19-21(28(44-47)33(35,36)37)15-24-18-41-29(42-24)30(48)43-22-3-5-25(26(34)16-22)32(50)46-13-11-45(12-14-46)31(49)20-7-9-38-10-8-20/h3-6,16-20,38-39H,2,7-15H2,1H3,(H,41,42)(H,43,48). The molecule has 6 rings (SSSR count). The first-order valence-electron chi connectivity index (χ1n) is 16.3. The topological polar surface area (TPSA) is 153 Å². The van der Waals surface area contributed by atoms with Crippen LogP contribution in [0.5, 0.6) is 0 Å². The van der Waals surface area contributed by atoms with Crippen LogP contribution in [0, 0.1) is 5.92 Å². The Hall–Kier alpha value is -4.96. The van der Waals surface area contributed by atoms with E-state index in [9.17, 15) is 27.6 Å². The molecule has 2 fully saturated rings. The molecule has 17 heteroatoms. The molecule has 3 amide bonds. The molecule has 4 N–H and O–H groups in total. The maximum atomic E-state index is 13.9. The number of aromatic amines is 1. The summed E-state index contributed by atoms with van der Waals surface area (Å²) in [7, 11) is 0. The van der Waals surface area contributed by atoms with Gasteiger partial charge in [0.2, 0.25) is 5.91 Å². The van der Waals surface area contributed by atoms with Crippen LogP contribution in [0.1, 0.15) is 57.7 Å². The van der Waals surface area contributed by atoms with Crippen molar-refractivity contribution in [2.24, 2.45) is 5.92 Å². The zero-order chi connectivity index (χ0) is 35.4. The number of carbonyl (C=O) groups is 3. The number of hydrogen-bond donors (Lipinski definition) is 4. The third-order valence-electron chi connectivity index (χ3n) is 8.67. The van der Waals surface area contributed by atoms with Crippen LogP contribution in [0.15, 0.2) is 48.9 Å². The lowest BCUT2D eigenvalue weighted by atomic mass is 9.96. The van der Waals surface area contributed by atoms with Crippen LogP contribution in [0.3, 0.4) is 0 Å². The second kappa shape index (κ2) is 14.9. The maximum absolute atomic E-state index is 13.9. The van der Waals surface area contributed by atoms with Crippen LogP contribution in [0.25, 0.3) is 5.82 Å². The average molecular weight is 713 g/mol. The van der Waals surface area contributed by atoms with Crippen LogP contribution in [0.4, 0.5) is 24.5 Å². The molecule has 2 aliphatic rings. The van der Waals surface area contributed by atoms with E-state index in [4.69, 9.17) is 11.6 Å². The van der Waals surface area contributed by atoms with E-state index in [1.54, 1.807) is 17.0 Å². The lowest BCUT2D eigenvalue weighted by Gasteiger charge is -2.37. The van der Waals surface area contributed by atoms with Gasteiger partial charge in [0.05, 0.1) is 22.5 Å². The zero-order valence-corrected chi connectivity index (χ0v) is 27.9. The van der Waals surface area contributed by atoms with Gasteiger partial charge in [0, 0.05) is 74.4 Å². The molecule has 0 spiro atoms. The van der Waals surface area contributed by atoms with E-state index in [1.165, 1.54) is 36.8 Å². The summed E-state index contributed by atoms with van der Waals surface area (Å²) in [5, 5.41) is 12.9. The molecule has 0 atom stereocenters. The Morgan fingerprint density at radius 1 is 0.980 bits per heavy atom. The Kier molecular flexibility index (Phi) is 10.4. The number of rotatable bonds is 9. The summed E-state index contributed by atoms with van der Waals surface area (Å²) >= 11 is 6.47. The quantitative estimate of drug-likeness (QED) is 0.201. The van der Waals surface area contributed by atoms with E-state index in [0.29, 0.717) is 38.4 Å². The van der Waals surface area contributed by atoms with Crippen molar-refractivity contribution in [2.45, 2.75) is 32.4 Å². The van der Waals surface area contributed by atoms with E-state index >= 15 is 0 Å². The monoisotopic (exact) mass is 712 g/mol. The number of anilines is 2. The highest BCUT2D eigenvalue weighted by molar-refractivity contribution is 6.34. The van der Waals surface area contributed by atoms with Gasteiger partial charge in [-0.2, -0.15) is 18.3 Å². The van der Waals surface area contributed by atoms with Gasteiger partial charge in [-0.25, -0.2) is 14.6 Å². The van der Waals surface area contributed by atoms with Crippen molar-refractivity contribution in [3.8, 4) is 5.82 Å². The van der Waals surface area contributed by atoms with Gasteiger partial charge < -0.3 is 30.7 Å². The van der Waals surface area contributed by atoms with Gasteiger partial charge in [-0.1, -0.05) is 11.6 Å². The summed E-state index contributed by atoms with van der Waals surface area (Å²) in [5.74, 6) is -0.692. The number of halogens is 4. The Morgan fingerprint density at radius 2 is 1.70 bits per heavy atom. The van der Waals surface area contributed by atoms with Crippen LogP contribution in [0.2, 0.25) is 5.02 Å². The number of nitrogens with one attached hydrogen (secondary N) is 4. The summed E-state index contributed by atoms with van der Waals surface area (Å²) < 4.78 is 42.8. The highest BCUT2D eigenvalue weighted by Gasteiger charge is 2.37. The second-order valence-electron chi connectivity index (χ2n) is 12.1. The minimum absolute atomic E-state index is 0.0193. The van der Waals surface area contributed by atoms with Crippen molar-refractivity contribution >= 4 is 40.7 Å². The fraction of sp³-hybridized carbons (Fsp3) is 0.394. The predicted octanol–water partition coefficient (Wildman–Crippen LogP) is 4.22. The molecule has 4 aromatic rings. The van der Waals surface area contributed by atoms with Crippen molar-refractivity contribution in [2.75, 3.05) is 56.4 Å². The number of imidazole rings is 1. The molecule has 264 valence electrons. The van der Waals surface area contributed by atoms with Crippen LogP contribution >= 0.6 is 11.6 Å². The largest absolute Gasteiger partial charge is 0.435 e. The third kappa shape index (κ3) is 7.91. The first-order valence-corrected chi connectivity index (χ1v) is 16.7. The van der Waals surface area contributed by atoms with Gasteiger partial charge in [0.15, 0.2) is 17.3 Å². The van der Waals surface area contributed by atoms with E-state index in [1.807, 2.05) is 11.8 Å². The molecule has 2 saturated heterocycles. The Bertz CT molecular complexity index is 1850. The lowest BCUT2D eigenvalue weighted by Crippen LogP contribution is -2.52. The molecule has 1 aromatic carbocycles. The van der Waals surface area contributed by atoms with Gasteiger partial charge in [0.25, 0.3) is 11.8 Å². The van der Waals surface area contributed by atoms with Gasteiger partial charge >= 0.3 is 6.18 Å². The van der Waals surface area contributed by atoms with Gasteiger partial charge in [0.1, 0.15) is 0 Å². The van der Waals surface area contributed by atoms with Crippen LogP contribution in [-0.4, -0.2) is 98.1 Å². The number of nitrogens with zero attached hydrogens (tertiary/aromatic N) is 6. The van der Waals surface area contributed by atoms with Gasteiger partial charge in [-0.15, -0.1) is 0 Å². The SMILES string of the molecule is CCNc1ccc(-n2cc(Cc3cnc(C(=O)Nc4ccc(C(=O)N5CCN(C(=O)C6CCNCC6)CC5)c(Cl)c4)[nH]3)c(C(F)(F)F)n2)nc1. The van der Waals surface area contributed by atoms with Crippen molar-refractivity contribution in [1.29, 1.82) is 0 Å². The number of hydrogen-bond acceptors (Lipinski definition) is 8. The van der Waals surface area contributed by atoms with E-state index in [2.05, 4.69) is 36.0 Å². The molecule has 0 bridgehead atoms. The van der Waals surface area contributed by atoms with Crippen molar-refractivity contribution in [1.82, 2.24) is 39.8 Å². The van der Waals surface area contributed by atoms with Crippen LogP contribution < -0.4 is 16.0 Å². The number of carbonyl (C=O) groups excluding carboxylic acids is 3. The third-order valence-corrected chi connectivity index (χ3v) is 8.98. The minimum Gasteiger partial charge on any atom is -0.384 e. The molecule has 0 radical (unpaired) electrons. The minimum atomic E-state index is -4.72. The fourth-order valence-electron chi connectivity index (χ4n) is 6.08. The zero-order valence-electron chi connectivity index (χ0n) is 27.2. The fourth-order valence-corrected chi connectivity index (χ4v) is 6.34. The first-order chi connectivity index (χ1) is 24.0. The number of H-pyrrole nitrogens is 1. The second-order valence-corrected chi connectivity index (χ2v) is 12.5. The Morgan fingerprint density at radius 3 is 2.36 bits per heavy atom. The first kappa shape index (κ1) is 34.9. The van der Waals surface area contributed by atoms with Crippen molar-refractivity contribution < 1.29 is 27.6 Å². The number of piperidine rings is 1. The summed E-state index contributed by atoms with van der Waals surface area (Å²) in [5.41, 5.74) is 0.321. The molecule has 0 unspecified atom stereocenters. The highest BCUT2D eigenvalue weighted by Crippen LogP contribution is 2.32. The molecule has 0 aliphatic carbocycles. The normalized spacial score (nSPS) is 15.6. The van der Waals surface area contributed by atoms with Gasteiger partial charge in [-0.3, -0.25) is 14.4 Å². The number of piperazine rings is 1. The smallest absolute Gasteiger partial charge is 0.384 e. The molecule has 0 saturated carbocycles. The van der Waals surface area contributed by atoms with Gasteiger partial charge in [-0.05, 0) is 63.2 Å². The molecule has 13 nitrogen and oxygen atoms in total. The molecular formula is C33H36ClF3N10O3. The van der Waals surface area contributed by atoms with Crippen LogP contribution in [-0.2, 0) is 17.4 Å². The number of amides is 3. The summed E-state index contributed by atoms with van der Waals surface area (Å²) in [6.45, 7) is 5.92. The summed E-state index contributed by atoms with van der Waals surface area (Å²) in [6.07, 6.45) is 0.721. The lowest BCUT2D eigenvalue weighted by molar-refractivity contribution is -0.142. The molecule has 50 heavy (non-hydrogen) atoms. The molecule has 3 aromatic heterocycles. The summed E-state index contributed by atoms with van der Waals surface area (Å²) in [4.78, 5) is 53.6. The number of aromatic nitrogens is 5. The average Bonchev–Trinajstić information content (AvgIpc) is 3.77. The molecule has 5 heterocycles. The number of benzene rings is 1. The summed E-state index contributed by atoms with van der Waals surface area (Å²) in [6, 6.07) is 7.74. The number of pyridine rings is 1.